The van der Waals surface area contributed by atoms with Gasteiger partial charge in [0.15, 0.2) is 0 Å². The summed E-state index contributed by atoms with van der Waals surface area (Å²) in [4.78, 5) is 11.7. The van der Waals surface area contributed by atoms with Crippen molar-refractivity contribution in [3.63, 3.8) is 0 Å². The molecule has 2 aromatic rings. The lowest BCUT2D eigenvalue weighted by atomic mass is 9.97. The molecule has 2 aromatic carbocycles. The molecular weight excluding hydrogens is 372 g/mol. The Morgan fingerprint density at radius 2 is 1.93 bits per heavy atom. The summed E-state index contributed by atoms with van der Waals surface area (Å²) in [5.74, 6) is -1.04. The first kappa shape index (κ1) is 20.9. The number of carboxylic acids is 1. The number of carboxylic acid groups (broad SMARTS) is 1. The number of aryl methyl sites for hydroxylation is 1. The molecule has 150 valence electrons. The number of hydrogen-bond acceptors (Lipinski definition) is 3. The molecule has 0 atom stereocenters. The normalized spacial score (nSPS) is 13.2. The molecular formula is C26H24N2O2. The van der Waals surface area contributed by atoms with E-state index < -0.39 is 5.97 Å². The van der Waals surface area contributed by atoms with Gasteiger partial charge in [0.2, 0.25) is 0 Å². The van der Waals surface area contributed by atoms with Crippen LogP contribution in [0.3, 0.4) is 0 Å². The molecule has 30 heavy (non-hydrogen) atoms. The van der Waals surface area contributed by atoms with Crippen LogP contribution < -0.4 is 5.32 Å². The molecule has 0 aromatic heterocycles. The fraction of sp³-hybridized carbons (Fsp3) is 0.154. The van der Waals surface area contributed by atoms with Crippen molar-refractivity contribution in [2.24, 2.45) is 0 Å². The van der Waals surface area contributed by atoms with Gasteiger partial charge in [0.25, 0.3) is 0 Å². The second kappa shape index (κ2) is 8.67. The van der Waals surface area contributed by atoms with E-state index in [9.17, 15) is 15.2 Å². The summed E-state index contributed by atoms with van der Waals surface area (Å²) in [6.45, 7) is 11.8. The Labute approximate surface area is 177 Å². The monoisotopic (exact) mass is 396 g/mol. The van der Waals surface area contributed by atoms with Crippen molar-refractivity contribution in [2.75, 3.05) is 0 Å². The van der Waals surface area contributed by atoms with Crippen LogP contribution in [0.25, 0.3) is 17.3 Å². The highest BCUT2D eigenvalue weighted by atomic mass is 16.4. The van der Waals surface area contributed by atoms with Crippen molar-refractivity contribution < 1.29 is 9.90 Å². The van der Waals surface area contributed by atoms with Crippen LogP contribution in [-0.2, 0) is 6.42 Å². The Kier molecular flexibility index (Phi) is 6.03. The second-order valence-electron chi connectivity index (χ2n) is 7.27. The van der Waals surface area contributed by atoms with Gasteiger partial charge in [-0.15, -0.1) is 0 Å². The summed E-state index contributed by atoms with van der Waals surface area (Å²) in [5.41, 5.74) is 7.36. The Balaban J connectivity index is 1.95. The lowest BCUT2D eigenvalue weighted by molar-refractivity contribution is 0.0696. The van der Waals surface area contributed by atoms with Crippen LogP contribution in [0.4, 0.5) is 0 Å². The maximum atomic E-state index is 11.7. The number of carbonyl (C=O) groups is 1. The van der Waals surface area contributed by atoms with E-state index in [0.29, 0.717) is 23.3 Å². The zero-order valence-electron chi connectivity index (χ0n) is 17.2. The van der Waals surface area contributed by atoms with Gasteiger partial charge >= 0.3 is 5.97 Å². The van der Waals surface area contributed by atoms with Crippen LogP contribution in [0.2, 0.25) is 0 Å². The molecule has 2 N–H and O–H groups in total. The second-order valence-corrected chi connectivity index (χ2v) is 7.27. The molecule has 0 saturated carbocycles. The molecule has 0 amide bonds. The number of nitrogens with one attached hydrogen (secondary N) is 1. The average molecular weight is 396 g/mol. The number of rotatable bonds is 7. The third-order valence-electron chi connectivity index (χ3n) is 5.32. The first-order valence-corrected chi connectivity index (χ1v) is 9.78. The van der Waals surface area contributed by atoms with Gasteiger partial charge in [0.1, 0.15) is 6.07 Å². The fourth-order valence-electron chi connectivity index (χ4n) is 3.71. The van der Waals surface area contributed by atoms with Gasteiger partial charge < -0.3 is 10.4 Å². The van der Waals surface area contributed by atoms with E-state index in [4.69, 9.17) is 0 Å². The zero-order valence-corrected chi connectivity index (χ0v) is 17.2. The number of hydrogen-bond donors (Lipinski definition) is 2. The minimum Gasteiger partial charge on any atom is -0.478 e. The van der Waals surface area contributed by atoms with Gasteiger partial charge in [-0.05, 0) is 36.1 Å². The molecule has 0 fully saturated rings. The van der Waals surface area contributed by atoms with Crippen molar-refractivity contribution in [1.29, 1.82) is 5.26 Å². The van der Waals surface area contributed by atoms with Gasteiger partial charge in [0.05, 0.1) is 11.1 Å². The number of benzene rings is 2. The molecule has 0 unspecified atom stereocenters. The minimum atomic E-state index is -1.04. The Bertz CT molecular complexity index is 1140. The van der Waals surface area contributed by atoms with Crippen molar-refractivity contribution in [3.05, 3.63) is 100 Å². The number of aromatic carboxylic acids is 1. The summed E-state index contributed by atoms with van der Waals surface area (Å²) in [7, 11) is 0. The molecule has 0 aliphatic heterocycles. The van der Waals surface area contributed by atoms with Crippen molar-refractivity contribution in [2.45, 2.75) is 26.7 Å². The van der Waals surface area contributed by atoms with Gasteiger partial charge in [0, 0.05) is 29.0 Å². The van der Waals surface area contributed by atoms with E-state index >= 15 is 0 Å². The molecule has 0 spiro atoms. The van der Waals surface area contributed by atoms with E-state index in [1.165, 1.54) is 5.56 Å². The van der Waals surface area contributed by atoms with Gasteiger partial charge in [-0.1, -0.05) is 68.1 Å². The molecule has 3 rings (SSSR count). The minimum absolute atomic E-state index is 0.141. The molecule has 0 radical (unpaired) electrons. The molecule has 0 heterocycles. The molecule has 1 aliphatic carbocycles. The third kappa shape index (κ3) is 3.97. The first-order chi connectivity index (χ1) is 14.4. The van der Waals surface area contributed by atoms with E-state index in [-0.39, 0.29) is 5.56 Å². The van der Waals surface area contributed by atoms with Crippen LogP contribution in [0, 0.1) is 11.3 Å². The van der Waals surface area contributed by atoms with E-state index in [1.807, 2.05) is 19.1 Å². The predicted octanol–water partition coefficient (Wildman–Crippen LogP) is 5.81. The highest BCUT2D eigenvalue weighted by molar-refractivity contribution is 5.95. The average Bonchev–Trinajstić information content (AvgIpc) is 3.07. The summed E-state index contributed by atoms with van der Waals surface area (Å²) >= 11 is 0. The largest absolute Gasteiger partial charge is 0.478 e. The number of nitriles is 1. The lowest BCUT2D eigenvalue weighted by Gasteiger charge is -2.14. The summed E-state index contributed by atoms with van der Waals surface area (Å²) < 4.78 is 0. The topological polar surface area (TPSA) is 73.1 Å². The molecule has 1 aliphatic rings. The van der Waals surface area contributed by atoms with E-state index in [0.717, 1.165) is 34.4 Å². The fourth-order valence-corrected chi connectivity index (χ4v) is 3.71. The highest BCUT2D eigenvalue weighted by Gasteiger charge is 2.24. The number of allylic oxidation sites excluding steroid dienone is 3. The molecule has 0 bridgehead atoms. The standard InChI is InChI=1S/C26H24N2O2/c1-5-18-7-10-20(11-8-18)25-16(3)13-24(23(25)15-27)28-17(4)21-12-9-19(6-2)14-22(21)26(29)30/h6-12,14,28H,2,4-5,13H2,1,3H3,(H,29,30). The molecule has 0 saturated heterocycles. The Morgan fingerprint density at radius 1 is 1.23 bits per heavy atom. The Morgan fingerprint density at radius 3 is 2.50 bits per heavy atom. The van der Waals surface area contributed by atoms with Crippen molar-refractivity contribution in [1.82, 2.24) is 5.32 Å². The molecule has 4 nitrogen and oxygen atoms in total. The van der Waals surface area contributed by atoms with E-state index in [2.05, 4.69) is 43.6 Å². The summed E-state index contributed by atoms with van der Waals surface area (Å²) in [5, 5.41) is 22.7. The van der Waals surface area contributed by atoms with Crippen LogP contribution in [-0.4, -0.2) is 11.1 Å². The third-order valence-corrected chi connectivity index (χ3v) is 5.32. The smallest absolute Gasteiger partial charge is 0.336 e. The SMILES string of the molecule is C=Cc1ccc(C(=C)NC2=C(C#N)C(c3ccc(CC)cc3)=C(C)C2)c(C(=O)O)c1. The van der Waals surface area contributed by atoms with Crippen LogP contribution >= 0.6 is 0 Å². The van der Waals surface area contributed by atoms with E-state index in [1.54, 1.807) is 24.3 Å². The highest BCUT2D eigenvalue weighted by Crippen LogP contribution is 2.38. The quantitative estimate of drug-likeness (QED) is 0.620. The van der Waals surface area contributed by atoms with Crippen LogP contribution in [0.1, 0.15) is 52.9 Å². The van der Waals surface area contributed by atoms with Crippen LogP contribution in [0.15, 0.2) is 72.5 Å². The zero-order chi connectivity index (χ0) is 21.8. The maximum absolute atomic E-state index is 11.7. The van der Waals surface area contributed by atoms with Gasteiger partial charge in [-0.2, -0.15) is 5.26 Å². The lowest BCUT2D eigenvalue weighted by Crippen LogP contribution is -2.14. The van der Waals surface area contributed by atoms with Crippen LogP contribution in [0.5, 0.6) is 0 Å². The predicted molar refractivity (Wildman–Crippen MR) is 121 cm³/mol. The molecule has 4 heteroatoms. The van der Waals surface area contributed by atoms with Crippen molar-refractivity contribution in [3.8, 4) is 6.07 Å². The van der Waals surface area contributed by atoms with Gasteiger partial charge in [-0.25, -0.2) is 4.79 Å². The Hall–Kier alpha value is -3.84. The number of nitrogens with zero attached hydrogens (tertiary/aromatic N) is 1. The van der Waals surface area contributed by atoms with Gasteiger partial charge in [-0.3, -0.25) is 0 Å². The summed E-state index contributed by atoms with van der Waals surface area (Å²) in [6.07, 6.45) is 3.14. The first-order valence-electron chi connectivity index (χ1n) is 9.78. The van der Waals surface area contributed by atoms with Crippen molar-refractivity contribution >= 4 is 23.3 Å². The maximum Gasteiger partial charge on any atom is 0.336 e. The summed E-state index contributed by atoms with van der Waals surface area (Å²) in [6, 6.07) is 15.6.